The molecule has 1 aromatic carbocycles. The zero-order chi connectivity index (χ0) is 17.6. The molecule has 0 fully saturated rings. The SMILES string of the molecule is CCCCCC(C)c1ccc(CNCCCCCCC(=O)O)cc1. The summed E-state index contributed by atoms with van der Waals surface area (Å²) in [4.78, 5) is 10.4. The lowest BCUT2D eigenvalue weighted by atomic mass is 9.94. The van der Waals surface area contributed by atoms with Crippen LogP contribution in [0.2, 0.25) is 0 Å². The topological polar surface area (TPSA) is 49.3 Å². The second-order valence-electron chi connectivity index (χ2n) is 6.87. The maximum absolute atomic E-state index is 10.4. The minimum atomic E-state index is -0.684. The van der Waals surface area contributed by atoms with Gasteiger partial charge in [0.25, 0.3) is 0 Å². The monoisotopic (exact) mass is 333 g/mol. The van der Waals surface area contributed by atoms with E-state index in [4.69, 9.17) is 5.11 Å². The fraction of sp³-hybridized carbons (Fsp3) is 0.667. The molecule has 0 bridgehead atoms. The largest absolute Gasteiger partial charge is 0.481 e. The molecule has 0 spiro atoms. The average molecular weight is 334 g/mol. The normalized spacial score (nSPS) is 12.2. The average Bonchev–Trinajstić information content (AvgIpc) is 2.57. The van der Waals surface area contributed by atoms with E-state index in [1.165, 1.54) is 36.8 Å². The van der Waals surface area contributed by atoms with Gasteiger partial charge in [-0.3, -0.25) is 4.79 Å². The number of hydrogen-bond donors (Lipinski definition) is 2. The van der Waals surface area contributed by atoms with Gasteiger partial charge in [-0.2, -0.15) is 0 Å². The van der Waals surface area contributed by atoms with E-state index in [0.29, 0.717) is 12.3 Å². The number of benzene rings is 1. The Morgan fingerprint density at radius 2 is 1.75 bits per heavy atom. The van der Waals surface area contributed by atoms with E-state index in [2.05, 4.69) is 43.4 Å². The molecule has 136 valence electrons. The van der Waals surface area contributed by atoms with Crippen molar-refractivity contribution in [1.29, 1.82) is 0 Å². The number of nitrogens with one attached hydrogen (secondary N) is 1. The molecule has 0 saturated carbocycles. The third-order valence-corrected chi connectivity index (χ3v) is 4.61. The fourth-order valence-corrected chi connectivity index (χ4v) is 2.94. The van der Waals surface area contributed by atoms with Gasteiger partial charge in [-0.25, -0.2) is 0 Å². The first kappa shape index (κ1) is 20.7. The first-order valence-electron chi connectivity index (χ1n) is 9.64. The molecule has 3 nitrogen and oxygen atoms in total. The molecule has 0 heterocycles. The van der Waals surface area contributed by atoms with Gasteiger partial charge >= 0.3 is 5.97 Å². The highest BCUT2D eigenvalue weighted by molar-refractivity contribution is 5.66. The van der Waals surface area contributed by atoms with E-state index in [-0.39, 0.29) is 0 Å². The Morgan fingerprint density at radius 1 is 1.04 bits per heavy atom. The van der Waals surface area contributed by atoms with Gasteiger partial charge in [-0.05, 0) is 42.9 Å². The molecule has 3 heteroatoms. The predicted molar refractivity (Wildman–Crippen MR) is 101 cm³/mol. The van der Waals surface area contributed by atoms with E-state index in [1.807, 2.05) is 0 Å². The summed E-state index contributed by atoms with van der Waals surface area (Å²) >= 11 is 0. The molecule has 1 rings (SSSR count). The van der Waals surface area contributed by atoms with Crippen molar-refractivity contribution in [2.45, 2.75) is 84.1 Å². The molecule has 0 aromatic heterocycles. The predicted octanol–water partition coefficient (Wildman–Crippen LogP) is 5.50. The third kappa shape index (κ3) is 9.71. The molecule has 0 saturated heterocycles. The molecular formula is C21H35NO2. The number of carbonyl (C=O) groups is 1. The quantitative estimate of drug-likeness (QED) is 0.442. The smallest absolute Gasteiger partial charge is 0.303 e. The van der Waals surface area contributed by atoms with Crippen LogP contribution in [0.3, 0.4) is 0 Å². The summed E-state index contributed by atoms with van der Waals surface area (Å²) in [6, 6.07) is 9.04. The van der Waals surface area contributed by atoms with Crippen molar-refractivity contribution in [3.8, 4) is 0 Å². The molecule has 2 N–H and O–H groups in total. The van der Waals surface area contributed by atoms with Crippen LogP contribution in [0.25, 0.3) is 0 Å². The van der Waals surface area contributed by atoms with Crippen LogP contribution in [0, 0.1) is 0 Å². The molecule has 0 amide bonds. The van der Waals surface area contributed by atoms with Crippen molar-refractivity contribution >= 4 is 5.97 Å². The molecule has 24 heavy (non-hydrogen) atoms. The summed E-state index contributed by atoms with van der Waals surface area (Å²) in [5, 5.41) is 12.1. The van der Waals surface area contributed by atoms with Crippen molar-refractivity contribution < 1.29 is 9.90 Å². The zero-order valence-corrected chi connectivity index (χ0v) is 15.5. The Morgan fingerprint density at radius 3 is 2.42 bits per heavy atom. The highest BCUT2D eigenvalue weighted by Gasteiger charge is 2.05. The molecule has 0 aliphatic carbocycles. The van der Waals surface area contributed by atoms with Crippen LogP contribution in [0.4, 0.5) is 0 Å². The molecular weight excluding hydrogens is 298 g/mol. The van der Waals surface area contributed by atoms with Gasteiger partial charge in [0.1, 0.15) is 0 Å². The van der Waals surface area contributed by atoms with Crippen LogP contribution in [0.1, 0.15) is 88.7 Å². The summed E-state index contributed by atoms with van der Waals surface area (Å²) in [7, 11) is 0. The lowest BCUT2D eigenvalue weighted by Gasteiger charge is -2.12. The highest BCUT2D eigenvalue weighted by atomic mass is 16.4. The summed E-state index contributed by atoms with van der Waals surface area (Å²) in [6.45, 7) is 6.50. The maximum Gasteiger partial charge on any atom is 0.303 e. The Bertz CT molecular complexity index is 442. The summed E-state index contributed by atoms with van der Waals surface area (Å²) in [6.07, 6.45) is 9.57. The molecule has 1 aromatic rings. The van der Waals surface area contributed by atoms with E-state index >= 15 is 0 Å². The molecule has 0 aliphatic rings. The maximum atomic E-state index is 10.4. The number of rotatable bonds is 14. The third-order valence-electron chi connectivity index (χ3n) is 4.61. The van der Waals surface area contributed by atoms with Gasteiger partial charge in [-0.15, -0.1) is 0 Å². The number of hydrogen-bond acceptors (Lipinski definition) is 2. The van der Waals surface area contributed by atoms with Crippen LogP contribution < -0.4 is 5.32 Å². The zero-order valence-electron chi connectivity index (χ0n) is 15.5. The van der Waals surface area contributed by atoms with Crippen LogP contribution in [-0.2, 0) is 11.3 Å². The lowest BCUT2D eigenvalue weighted by molar-refractivity contribution is -0.137. The Balaban J connectivity index is 2.12. The number of unbranched alkanes of at least 4 members (excludes halogenated alkanes) is 5. The second-order valence-corrected chi connectivity index (χ2v) is 6.87. The van der Waals surface area contributed by atoms with E-state index in [0.717, 1.165) is 38.8 Å². The highest BCUT2D eigenvalue weighted by Crippen LogP contribution is 2.22. The van der Waals surface area contributed by atoms with Crippen LogP contribution in [0.5, 0.6) is 0 Å². The minimum Gasteiger partial charge on any atom is -0.481 e. The van der Waals surface area contributed by atoms with Gasteiger partial charge in [0.15, 0.2) is 0 Å². The van der Waals surface area contributed by atoms with Crippen molar-refractivity contribution in [1.82, 2.24) is 5.32 Å². The second kappa shape index (κ2) is 13.0. The number of aliphatic carboxylic acids is 1. The van der Waals surface area contributed by atoms with Crippen molar-refractivity contribution in [2.24, 2.45) is 0 Å². The van der Waals surface area contributed by atoms with Crippen LogP contribution in [0.15, 0.2) is 24.3 Å². The molecule has 1 atom stereocenters. The van der Waals surface area contributed by atoms with Gasteiger partial charge in [0, 0.05) is 13.0 Å². The standard InChI is InChI=1S/C21H35NO2/c1-3-4-7-10-18(2)20-14-12-19(13-15-20)17-22-16-9-6-5-8-11-21(23)24/h12-15,18,22H,3-11,16-17H2,1-2H3,(H,23,24). The van der Waals surface area contributed by atoms with Gasteiger partial charge in [0.2, 0.25) is 0 Å². The van der Waals surface area contributed by atoms with Crippen molar-refractivity contribution in [3.63, 3.8) is 0 Å². The van der Waals surface area contributed by atoms with E-state index in [9.17, 15) is 4.79 Å². The summed E-state index contributed by atoms with van der Waals surface area (Å²) < 4.78 is 0. The molecule has 1 unspecified atom stereocenters. The Hall–Kier alpha value is -1.35. The summed E-state index contributed by atoms with van der Waals surface area (Å²) in [5.41, 5.74) is 2.79. The lowest BCUT2D eigenvalue weighted by Crippen LogP contribution is -2.14. The van der Waals surface area contributed by atoms with Gasteiger partial charge < -0.3 is 10.4 Å². The number of carboxylic acids is 1. The fourth-order valence-electron chi connectivity index (χ4n) is 2.94. The first-order chi connectivity index (χ1) is 11.6. The van der Waals surface area contributed by atoms with E-state index < -0.39 is 5.97 Å². The molecule has 0 aliphatic heterocycles. The summed E-state index contributed by atoms with van der Waals surface area (Å²) in [5.74, 6) is -0.0272. The van der Waals surface area contributed by atoms with Gasteiger partial charge in [0.05, 0.1) is 0 Å². The van der Waals surface area contributed by atoms with Crippen molar-refractivity contribution in [3.05, 3.63) is 35.4 Å². The van der Waals surface area contributed by atoms with Crippen LogP contribution >= 0.6 is 0 Å². The Kier molecular flexibility index (Phi) is 11.2. The van der Waals surface area contributed by atoms with Crippen molar-refractivity contribution in [2.75, 3.05) is 6.54 Å². The van der Waals surface area contributed by atoms with Crippen LogP contribution in [-0.4, -0.2) is 17.6 Å². The minimum absolute atomic E-state index is 0.302. The molecule has 0 radical (unpaired) electrons. The van der Waals surface area contributed by atoms with E-state index in [1.54, 1.807) is 0 Å². The number of carboxylic acid groups (broad SMARTS) is 1. The first-order valence-corrected chi connectivity index (χ1v) is 9.64. The Labute approximate surface area is 147 Å². The van der Waals surface area contributed by atoms with Gasteiger partial charge in [-0.1, -0.05) is 70.2 Å².